The van der Waals surface area contributed by atoms with E-state index >= 15 is 0 Å². The number of hydrogen-bond acceptors (Lipinski definition) is 4. The van der Waals surface area contributed by atoms with Crippen LogP contribution in [0.4, 0.5) is 11.4 Å². The van der Waals surface area contributed by atoms with Crippen LogP contribution in [0.3, 0.4) is 0 Å². The van der Waals surface area contributed by atoms with Crippen molar-refractivity contribution in [2.75, 3.05) is 17.2 Å². The van der Waals surface area contributed by atoms with E-state index in [1.807, 2.05) is 13.0 Å². The molecule has 0 spiro atoms. The van der Waals surface area contributed by atoms with E-state index < -0.39 is 0 Å². The molecule has 0 aliphatic carbocycles. The summed E-state index contributed by atoms with van der Waals surface area (Å²) in [5, 5.41) is 2.31. The van der Waals surface area contributed by atoms with Crippen molar-refractivity contribution in [1.29, 1.82) is 0 Å². The van der Waals surface area contributed by atoms with E-state index in [1.54, 1.807) is 17.9 Å². The molecule has 1 heterocycles. The van der Waals surface area contributed by atoms with Crippen molar-refractivity contribution in [3.05, 3.63) is 22.2 Å². The zero-order chi connectivity index (χ0) is 13.4. The molecule has 5 nitrogen and oxygen atoms in total. The normalized spacial score (nSPS) is 19.9. The molecule has 2 amide bonds. The smallest absolute Gasteiger partial charge is 0.249 e. The van der Waals surface area contributed by atoms with Gasteiger partial charge in [-0.05, 0) is 47.5 Å². The molecule has 96 valence electrons. The van der Waals surface area contributed by atoms with Crippen molar-refractivity contribution in [3.8, 4) is 0 Å². The van der Waals surface area contributed by atoms with Gasteiger partial charge in [0.25, 0.3) is 0 Å². The molecule has 1 aliphatic heterocycles. The number of nitrogen functional groups attached to an aromatic ring is 1. The second-order valence-corrected chi connectivity index (χ2v) is 5.23. The van der Waals surface area contributed by atoms with E-state index in [4.69, 9.17) is 5.73 Å². The molecular weight excluding hydrogens is 298 g/mol. The molecule has 1 aromatic rings. The number of hydrogen-bond donors (Lipinski definition) is 2. The van der Waals surface area contributed by atoms with E-state index in [2.05, 4.69) is 21.2 Å². The predicted molar refractivity (Wildman–Crippen MR) is 73.2 cm³/mol. The number of nitrogens with two attached hydrogens (primary N) is 1. The number of carbonyl (C=O) groups is 2. The highest BCUT2D eigenvalue weighted by atomic mass is 79.9. The Morgan fingerprint density at radius 3 is 2.78 bits per heavy atom. The Morgan fingerprint density at radius 1 is 1.44 bits per heavy atom. The topological polar surface area (TPSA) is 75.4 Å². The molecule has 1 unspecified atom stereocenters. The zero-order valence-electron chi connectivity index (χ0n) is 10.2. The van der Waals surface area contributed by atoms with Crippen LogP contribution in [0, 0.1) is 6.92 Å². The summed E-state index contributed by atoms with van der Waals surface area (Å²) in [5.41, 5.74) is 8.20. The number of anilines is 2. The molecule has 2 rings (SSSR count). The van der Waals surface area contributed by atoms with Crippen molar-refractivity contribution in [3.63, 3.8) is 0 Å². The third kappa shape index (κ3) is 2.20. The number of benzene rings is 1. The lowest BCUT2D eigenvalue weighted by molar-refractivity contribution is -0.132. The van der Waals surface area contributed by atoms with Crippen LogP contribution >= 0.6 is 15.9 Å². The van der Waals surface area contributed by atoms with Gasteiger partial charge in [0.1, 0.15) is 6.04 Å². The number of piperazine rings is 1. The largest absolute Gasteiger partial charge is 0.398 e. The molecule has 6 heteroatoms. The summed E-state index contributed by atoms with van der Waals surface area (Å²) in [6, 6.07) is 3.28. The molecule has 0 bridgehead atoms. The highest BCUT2D eigenvalue weighted by Crippen LogP contribution is 2.32. The van der Waals surface area contributed by atoms with Gasteiger partial charge in [-0.15, -0.1) is 0 Å². The second-order valence-electron chi connectivity index (χ2n) is 4.38. The third-order valence-electron chi connectivity index (χ3n) is 3.07. The van der Waals surface area contributed by atoms with Crippen LogP contribution in [0.2, 0.25) is 0 Å². The highest BCUT2D eigenvalue weighted by molar-refractivity contribution is 9.10. The maximum absolute atomic E-state index is 11.6. The summed E-state index contributed by atoms with van der Waals surface area (Å²) in [4.78, 5) is 24.9. The lowest BCUT2D eigenvalue weighted by Crippen LogP contribution is -2.57. The van der Waals surface area contributed by atoms with Gasteiger partial charge in [-0.2, -0.15) is 0 Å². The first kappa shape index (κ1) is 12.9. The standard InChI is InChI=1S/C12H14BrN3O2/c1-6-3-10(8(13)4-9(6)14)16-5-11(17)15-12(18)7(16)2/h3-4,7H,5,14H2,1-2H3,(H,15,17,18). The third-order valence-corrected chi connectivity index (χ3v) is 3.70. The van der Waals surface area contributed by atoms with E-state index in [9.17, 15) is 9.59 Å². The van der Waals surface area contributed by atoms with Crippen molar-refractivity contribution in [2.24, 2.45) is 0 Å². The second kappa shape index (κ2) is 4.61. The van der Waals surface area contributed by atoms with Crippen LogP contribution in [0.15, 0.2) is 16.6 Å². The van der Waals surface area contributed by atoms with Crippen molar-refractivity contribution >= 4 is 39.1 Å². The molecular formula is C12H14BrN3O2. The molecule has 1 aromatic carbocycles. The van der Waals surface area contributed by atoms with Crippen LogP contribution in [0.1, 0.15) is 12.5 Å². The number of nitrogens with zero attached hydrogens (tertiary/aromatic N) is 1. The van der Waals surface area contributed by atoms with E-state index in [1.165, 1.54) is 0 Å². The lowest BCUT2D eigenvalue weighted by Gasteiger charge is -2.34. The average molecular weight is 312 g/mol. The molecule has 3 N–H and O–H groups in total. The van der Waals surface area contributed by atoms with Gasteiger partial charge in [-0.3, -0.25) is 14.9 Å². The Bertz CT molecular complexity index is 530. The molecule has 0 radical (unpaired) electrons. The number of carbonyl (C=O) groups excluding carboxylic acids is 2. The SMILES string of the molecule is Cc1cc(N2CC(=O)NC(=O)C2C)c(Br)cc1N. The Morgan fingerprint density at radius 2 is 2.11 bits per heavy atom. The number of rotatable bonds is 1. The minimum absolute atomic E-state index is 0.162. The van der Waals surface area contributed by atoms with Crippen molar-refractivity contribution < 1.29 is 9.59 Å². The van der Waals surface area contributed by atoms with Gasteiger partial charge in [0.05, 0.1) is 12.2 Å². The molecule has 18 heavy (non-hydrogen) atoms. The molecule has 0 aromatic heterocycles. The zero-order valence-corrected chi connectivity index (χ0v) is 11.7. The quantitative estimate of drug-likeness (QED) is 0.603. The minimum Gasteiger partial charge on any atom is -0.398 e. The summed E-state index contributed by atoms with van der Waals surface area (Å²) in [7, 11) is 0. The first-order valence-corrected chi connectivity index (χ1v) is 6.35. The highest BCUT2D eigenvalue weighted by Gasteiger charge is 2.31. The van der Waals surface area contributed by atoms with Crippen LogP contribution in [0.25, 0.3) is 0 Å². The van der Waals surface area contributed by atoms with E-state index in [0.717, 1.165) is 15.7 Å². The molecule has 1 aliphatic rings. The Kier molecular flexibility index (Phi) is 3.30. The van der Waals surface area contributed by atoms with Gasteiger partial charge in [-0.25, -0.2) is 0 Å². The number of aryl methyl sites for hydroxylation is 1. The van der Waals surface area contributed by atoms with Gasteiger partial charge in [0, 0.05) is 10.2 Å². The summed E-state index contributed by atoms with van der Waals surface area (Å²) < 4.78 is 0.778. The molecule has 1 atom stereocenters. The Balaban J connectivity index is 2.44. The summed E-state index contributed by atoms with van der Waals surface area (Å²) in [6.45, 7) is 3.82. The van der Waals surface area contributed by atoms with Gasteiger partial charge >= 0.3 is 0 Å². The monoisotopic (exact) mass is 311 g/mol. The van der Waals surface area contributed by atoms with Gasteiger partial charge in [0.15, 0.2) is 0 Å². The minimum atomic E-state index is -0.387. The van der Waals surface area contributed by atoms with Gasteiger partial charge in [0.2, 0.25) is 11.8 Å². The fourth-order valence-electron chi connectivity index (χ4n) is 1.91. The Labute approximate surface area is 113 Å². The summed E-state index contributed by atoms with van der Waals surface area (Å²) in [6.07, 6.45) is 0. The first-order chi connectivity index (χ1) is 8.40. The maximum Gasteiger partial charge on any atom is 0.249 e. The van der Waals surface area contributed by atoms with E-state index in [0.29, 0.717) is 5.69 Å². The summed E-state index contributed by atoms with van der Waals surface area (Å²) in [5.74, 6) is -0.577. The van der Waals surface area contributed by atoms with Crippen molar-refractivity contribution in [1.82, 2.24) is 5.32 Å². The van der Waals surface area contributed by atoms with Crippen LogP contribution < -0.4 is 16.0 Å². The summed E-state index contributed by atoms with van der Waals surface area (Å²) >= 11 is 3.42. The van der Waals surface area contributed by atoms with Gasteiger partial charge in [-0.1, -0.05) is 0 Å². The van der Waals surface area contributed by atoms with Crippen molar-refractivity contribution in [2.45, 2.75) is 19.9 Å². The number of imide groups is 1. The average Bonchev–Trinajstić information content (AvgIpc) is 2.29. The van der Waals surface area contributed by atoms with E-state index in [-0.39, 0.29) is 24.4 Å². The first-order valence-electron chi connectivity index (χ1n) is 5.56. The van der Waals surface area contributed by atoms with Crippen LogP contribution in [0.5, 0.6) is 0 Å². The van der Waals surface area contributed by atoms with Gasteiger partial charge < -0.3 is 10.6 Å². The number of amides is 2. The molecule has 0 saturated carbocycles. The van der Waals surface area contributed by atoms with Crippen LogP contribution in [-0.2, 0) is 9.59 Å². The fraction of sp³-hybridized carbons (Fsp3) is 0.333. The number of halogens is 1. The maximum atomic E-state index is 11.6. The lowest BCUT2D eigenvalue weighted by atomic mass is 10.1. The number of nitrogens with one attached hydrogen (secondary N) is 1. The molecule has 1 fully saturated rings. The molecule has 1 saturated heterocycles. The predicted octanol–water partition coefficient (Wildman–Crippen LogP) is 1.19. The van der Waals surface area contributed by atoms with Crippen LogP contribution in [-0.4, -0.2) is 24.4 Å². The Hall–Kier alpha value is -1.56. The fourth-order valence-corrected chi connectivity index (χ4v) is 2.50.